The average molecular weight is 430 g/mol. The zero-order chi connectivity index (χ0) is 21.4. The lowest BCUT2D eigenvalue weighted by atomic mass is 10.1. The topological polar surface area (TPSA) is 85.8 Å². The lowest BCUT2D eigenvalue weighted by molar-refractivity contribution is 0.102. The minimum absolute atomic E-state index is 0.123. The third kappa shape index (κ3) is 3.62. The summed E-state index contributed by atoms with van der Waals surface area (Å²) < 4.78 is 7.20. The molecule has 154 valence electrons. The van der Waals surface area contributed by atoms with Gasteiger partial charge >= 0.3 is 0 Å². The lowest BCUT2D eigenvalue weighted by Crippen LogP contribution is -2.13. The Morgan fingerprint density at radius 3 is 2.81 bits per heavy atom. The molecule has 1 N–H and O–H groups in total. The first kappa shape index (κ1) is 19.2. The first-order valence-corrected chi connectivity index (χ1v) is 10.7. The molecule has 0 aliphatic heterocycles. The second-order valence-electron chi connectivity index (χ2n) is 7.35. The summed E-state index contributed by atoms with van der Waals surface area (Å²) in [6.45, 7) is 4.08. The molecule has 1 amide bonds. The van der Waals surface area contributed by atoms with Gasteiger partial charge in [0.2, 0.25) is 0 Å². The number of aromatic nitrogens is 4. The highest BCUT2D eigenvalue weighted by Gasteiger charge is 2.19. The molecule has 0 unspecified atom stereocenters. The fraction of sp³-hybridized carbons (Fsp3) is 0.130. The van der Waals surface area contributed by atoms with E-state index in [0.29, 0.717) is 22.7 Å². The number of nitrogens with zero attached hydrogens (tertiary/aromatic N) is 4. The van der Waals surface area contributed by atoms with Gasteiger partial charge in [0.25, 0.3) is 5.91 Å². The highest BCUT2D eigenvalue weighted by molar-refractivity contribution is 7.13. The lowest BCUT2D eigenvalue weighted by Gasteiger charge is -2.11. The number of nitrogens with one attached hydrogen (secondary N) is 1. The molecule has 0 radical (unpaired) electrons. The standard InChI is InChI=1S/C23H19N5O2S/c1-14(2)28-22-18(11-25-28)17(10-19(27-22)21-7-4-8-31-21)23(29)26-16-6-3-5-15(9-16)20-12-24-13-30-20/h3-14H,1-2H3,(H,26,29). The van der Waals surface area contributed by atoms with E-state index < -0.39 is 0 Å². The van der Waals surface area contributed by atoms with Crippen LogP contribution in [0.25, 0.3) is 32.9 Å². The van der Waals surface area contributed by atoms with Crippen molar-refractivity contribution in [3.05, 3.63) is 72.2 Å². The number of carbonyl (C=O) groups excluding carboxylic acids is 1. The molecule has 0 atom stereocenters. The normalized spacial score (nSPS) is 11.3. The Morgan fingerprint density at radius 1 is 1.16 bits per heavy atom. The van der Waals surface area contributed by atoms with E-state index in [2.05, 4.69) is 15.4 Å². The first-order valence-electron chi connectivity index (χ1n) is 9.82. The number of amides is 1. The molecule has 1 aromatic carbocycles. The van der Waals surface area contributed by atoms with Crippen LogP contribution >= 0.6 is 11.3 Å². The van der Waals surface area contributed by atoms with Crippen LogP contribution in [0.15, 0.2) is 71.0 Å². The van der Waals surface area contributed by atoms with Gasteiger partial charge in [-0.25, -0.2) is 14.6 Å². The summed E-state index contributed by atoms with van der Waals surface area (Å²) in [5.41, 5.74) is 3.48. The van der Waals surface area contributed by atoms with Crippen LogP contribution in [0.5, 0.6) is 0 Å². The van der Waals surface area contributed by atoms with Gasteiger partial charge in [-0.3, -0.25) is 4.79 Å². The van der Waals surface area contributed by atoms with Gasteiger partial charge in [0.1, 0.15) is 0 Å². The zero-order valence-electron chi connectivity index (χ0n) is 16.9. The minimum atomic E-state index is -0.219. The molecule has 0 aliphatic rings. The number of hydrogen-bond donors (Lipinski definition) is 1. The Kier molecular flexibility index (Phi) is 4.83. The van der Waals surface area contributed by atoms with Crippen LogP contribution in [0, 0.1) is 0 Å². The van der Waals surface area contributed by atoms with Crippen molar-refractivity contribution in [2.75, 3.05) is 5.32 Å². The number of pyridine rings is 1. The fourth-order valence-corrected chi connectivity index (χ4v) is 4.13. The maximum absolute atomic E-state index is 13.3. The largest absolute Gasteiger partial charge is 0.444 e. The van der Waals surface area contributed by atoms with Crippen LogP contribution in [0.1, 0.15) is 30.2 Å². The van der Waals surface area contributed by atoms with Crippen molar-refractivity contribution in [1.82, 2.24) is 19.7 Å². The van der Waals surface area contributed by atoms with Crippen LogP contribution in [0.3, 0.4) is 0 Å². The molecule has 0 aliphatic carbocycles. The third-order valence-electron chi connectivity index (χ3n) is 4.91. The average Bonchev–Trinajstić information content (AvgIpc) is 3.54. The Balaban J connectivity index is 1.56. The number of rotatable bonds is 5. The molecule has 0 spiro atoms. The molecule has 0 saturated heterocycles. The molecule has 4 aromatic heterocycles. The van der Waals surface area contributed by atoms with E-state index in [-0.39, 0.29) is 11.9 Å². The number of thiophene rings is 1. The fourth-order valence-electron chi connectivity index (χ4n) is 3.44. The Bertz CT molecular complexity index is 1350. The third-order valence-corrected chi connectivity index (χ3v) is 5.80. The monoisotopic (exact) mass is 429 g/mol. The smallest absolute Gasteiger partial charge is 0.256 e. The molecule has 5 aromatic rings. The molecule has 5 rings (SSSR count). The van der Waals surface area contributed by atoms with Crippen molar-refractivity contribution in [3.63, 3.8) is 0 Å². The molecule has 4 heterocycles. The summed E-state index contributed by atoms with van der Waals surface area (Å²) in [6.07, 6.45) is 4.73. The van der Waals surface area contributed by atoms with Crippen molar-refractivity contribution in [3.8, 4) is 21.9 Å². The summed E-state index contributed by atoms with van der Waals surface area (Å²) in [7, 11) is 0. The van der Waals surface area contributed by atoms with E-state index in [0.717, 1.165) is 21.5 Å². The number of carbonyl (C=O) groups is 1. The summed E-state index contributed by atoms with van der Waals surface area (Å²) in [5, 5.41) is 10.2. The number of anilines is 1. The second-order valence-corrected chi connectivity index (χ2v) is 8.30. The quantitative estimate of drug-likeness (QED) is 0.390. The van der Waals surface area contributed by atoms with Crippen LogP contribution in [0.2, 0.25) is 0 Å². The number of fused-ring (bicyclic) bond motifs is 1. The van der Waals surface area contributed by atoms with Crippen LogP contribution in [-0.2, 0) is 0 Å². The van der Waals surface area contributed by atoms with Gasteiger partial charge in [-0.2, -0.15) is 5.10 Å². The maximum Gasteiger partial charge on any atom is 0.256 e. The van der Waals surface area contributed by atoms with E-state index in [1.165, 1.54) is 6.39 Å². The molecule has 0 bridgehead atoms. The van der Waals surface area contributed by atoms with Gasteiger partial charge in [0.15, 0.2) is 17.8 Å². The Morgan fingerprint density at radius 2 is 2.06 bits per heavy atom. The van der Waals surface area contributed by atoms with E-state index >= 15 is 0 Å². The first-order chi connectivity index (χ1) is 15.1. The Labute approximate surface area is 182 Å². The predicted octanol–water partition coefficient (Wildman–Crippen LogP) is 5.65. The maximum atomic E-state index is 13.3. The zero-order valence-corrected chi connectivity index (χ0v) is 17.8. The summed E-state index contributed by atoms with van der Waals surface area (Å²) in [5.74, 6) is 0.420. The molecule has 7 nitrogen and oxygen atoms in total. The van der Waals surface area contributed by atoms with Gasteiger partial charge in [0.05, 0.1) is 33.9 Å². The molecule has 0 saturated carbocycles. The van der Waals surface area contributed by atoms with Crippen LogP contribution in [0.4, 0.5) is 5.69 Å². The van der Waals surface area contributed by atoms with E-state index in [1.54, 1.807) is 23.7 Å². The minimum Gasteiger partial charge on any atom is -0.444 e. The summed E-state index contributed by atoms with van der Waals surface area (Å²) >= 11 is 1.59. The van der Waals surface area contributed by atoms with Crippen molar-refractivity contribution >= 4 is 34.0 Å². The van der Waals surface area contributed by atoms with Crippen LogP contribution in [-0.4, -0.2) is 25.7 Å². The van der Waals surface area contributed by atoms with Crippen molar-refractivity contribution in [1.29, 1.82) is 0 Å². The number of hydrogen-bond acceptors (Lipinski definition) is 6. The van der Waals surface area contributed by atoms with E-state index in [4.69, 9.17) is 9.40 Å². The predicted molar refractivity (Wildman–Crippen MR) is 121 cm³/mol. The molecular formula is C23H19N5O2S. The van der Waals surface area contributed by atoms with Gasteiger partial charge in [-0.1, -0.05) is 18.2 Å². The molecular weight excluding hydrogens is 410 g/mol. The molecule has 0 fully saturated rings. The number of benzene rings is 1. The van der Waals surface area contributed by atoms with Gasteiger partial charge in [-0.05, 0) is 43.5 Å². The number of oxazole rings is 1. The van der Waals surface area contributed by atoms with E-state index in [9.17, 15) is 4.79 Å². The highest BCUT2D eigenvalue weighted by Crippen LogP contribution is 2.30. The molecule has 8 heteroatoms. The molecule has 31 heavy (non-hydrogen) atoms. The second kappa shape index (κ2) is 7.81. The van der Waals surface area contributed by atoms with Crippen molar-refractivity contribution in [2.45, 2.75) is 19.9 Å². The van der Waals surface area contributed by atoms with Gasteiger partial charge in [0, 0.05) is 17.3 Å². The van der Waals surface area contributed by atoms with Crippen LogP contribution < -0.4 is 5.32 Å². The van der Waals surface area contributed by atoms with Crippen molar-refractivity contribution in [2.24, 2.45) is 0 Å². The van der Waals surface area contributed by atoms with Gasteiger partial charge < -0.3 is 9.73 Å². The Hall–Kier alpha value is -3.78. The van der Waals surface area contributed by atoms with E-state index in [1.807, 2.05) is 66.4 Å². The SMILES string of the molecule is CC(C)n1ncc2c(C(=O)Nc3cccc(-c4cnco4)c3)cc(-c3cccs3)nc21. The summed E-state index contributed by atoms with van der Waals surface area (Å²) in [4.78, 5) is 23.1. The highest BCUT2D eigenvalue weighted by atomic mass is 32.1. The van der Waals surface area contributed by atoms with Crippen molar-refractivity contribution < 1.29 is 9.21 Å². The van der Waals surface area contributed by atoms with Gasteiger partial charge in [-0.15, -0.1) is 11.3 Å². The summed E-state index contributed by atoms with van der Waals surface area (Å²) in [6, 6.07) is 13.4.